The van der Waals surface area contributed by atoms with E-state index in [1.807, 2.05) is 13.8 Å². The first kappa shape index (κ1) is 14.7. The van der Waals surface area contributed by atoms with Crippen LogP contribution in [0.25, 0.3) is 0 Å². The number of carbonyl (C=O) groups excluding carboxylic acids is 1. The summed E-state index contributed by atoms with van der Waals surface area (Å²) in [5.74, 6) is 0.566. The predicted molar refractivity (Wildman–Crippen MR) is 63.1 cm³/mol. The smallest absolute Gasteiger partial charge is 0.325 e. The Labute approximate surface area is 95.8 Å². The highest BCUT2D eigenvalue weighted by atomic mass is 32.2. The fraction of sp³-hybridized carbons (Fsp3) is 0.900. The Bertz CT molecular complexity index is 201. The van der Waals surface area contributed by atoms with Crippen molar-refractivity contribution in [3.8, 4) is 0 Å². The van der Waals surface area contributed by atoms with E-state index in [4.69, 9.17) is 9.84 Å². The summed E-state index contributed by atoms with van der Waals surface area (Å²) in [6, 6.07) is 0. The van der Waals surface area contributed by atoms with Crippen molar-refractivity contribution in [3.63, 3.8) is 0 Å². The van der Waals surface area contributed by atoms with E-state index in [2.05, 4.69) is 5.32 Å². The van der Waals surface area contributed by atoms with Gasteiger partial charge in [0.05, 0.1) is 13.7 Å². The number of esters is 1. The molecule has 2 N–H and O–H groups in total. The molecule has 0 fully saturated rings. The van der Waals surface area contributed by atoms with E-state index in [1.165, 1.54) is 7.11 Å². The molecule has 0 aliphatic carbocycles. The third kappa shape index (κ3) is 4.86. The van der Waals surface area contributed by atoms with Crippen LogP contribution < -0.4 is 5.32 Å². The Morgan fingerprint density at radius 3 is 2.67 bits per heavy atom. The Morgan fingerprint density at radius 2 is 2.27 bits per heavy atom. The van der Waals surface area contributed by atoms with Gasteiger partial charge in [-0.15, -0.1) is 0 Å². The molecule has 0 rings (SSSR count). The summed E-state index contributed by atoms with van der Waals surface area (Å²) < 4.78 is 4.73. The van der Waals surface area contributed by atoms with Crippen LogP contribution in [0.1, 0.15) is 20.3 Å². The molecule has 15 heavy (non-hydrogen) atoms. The van der Waals surface area contributed by atoms with E-state index in [0.29, 0.717) is 6.42 Å². The zero-order valence-corrected chi connectivity index (χ0v) is 10.7. The Hall–Kier alpha value is -0.260. The van der Waals surface area contributed by atoms with Gasteiger partial charge < -0.3 is 15.2 Å². The van der Waals surface area contributed by atoms with Crippen molar-refractivity contribution in [2.24, 2.45) is 0 Å². The van der Waals surface area contributed by atoms with Gasteiger partial charge in [-0.3, -0.25) is 4.79 Å². The molecule has 0 aromatic heterocycles. The van der Waals surface area contributed by atoms with Crippen LogP contribution in [-0.4, -0.2) is 48.4 Å². The lowest BCUT2D eigenvalue weighted by Gasteiger charge is -2.26. The number of hydrogen-bond acceptors (Lipinski definition) is 5. The first-order chi connectivity index (χ1) is 7.00. The van der Waals surface area contributed by atoms with Gasteiger partial charge in [0, 0.05) is 5.25 Å². The maximum Gasteiger partial charge on any atom is 0.325 e. The highest BCUT2D eigenvalue weighted by molar-refractivity contribution is 7.99. The molecule has 0 saturated heterocycles. The van der Waals surface area contributed by atoms with E-state index in [1.54, 1.807) is 18.8 Å². The van der Waals surface area contributed by atoms with Crippen LogP contribution in [0.4, 0.5) is 0 Å². The van der Waals surface area contributed by atoms with E-state index in [0.717, 1.165) is 5.75 Å². The molecule has 2 unspecified atom stereocenters. The lowest BCUT2D eigenvalue weighted by molar-refractivity contribution is -0.147. The van der Waals surface area contributed by atoms with Crippen LogP contribution in [0.2, 0.25) is 0 Å². The summed E-state index contributed by atoms with van der Waals surface area (Å²) in [5, 5.41) is 12.0. The number of carbonyl (C=O) groups is 1. The summed E-state index contributed by atoms with van der Waals surface area (Å²) in [5.41, 5.74) is -0.628. The van der Waals surface area contributed by atoms with Gasteiger partial charge in [-0.05, 0) is 26.1 Å². The lowest BCUT2D eigenvalue weighted by Crippen LogP contribution is -2.48. The normalized spacial score (nSPS) is 16.9. The SMILES string of the molecule is CNC(C)(CCSC(C)CO)C(=O)OC. The molecule has 4 nitrogen and oxygen atoms in total. The number of likely N-dealkylation sites (N-methyl/N-ethyl adjacent to an activating group) is 1. The van der Waals surface area contributed by atoms with Crippen LogP contribution in [0.3, 0.4) is 0 Å². The van der Waals surface area contributed by atoms with Gasteiger partial charge in [-0.2, -0.15) is 11.8 Å². The quantitative estimate of drug-likeness (QED) is 0.634. The fourth-order valence-electron chi connectivity index (χ4n) is 1.07. The molecule has 2 atom stereocenters. The topological polar surface area (TPSA) is 58.6 Å². The Morgan fingerprint density at radius 1 is 1.67 bits per heavy atom. The van der Waals surface area contributed by atoms with E-state index in [-0.39, 0.29) is 17.8 Å². The second-order valence-corrected chi connectivity index (χ2v) is 5.23. The molecule has 0 radical (unpaired) electrons. The number of rotatable bonds is 7. The zero-order valence-electron chi connectivity index (χ0n) is 9.87. The second kappa shape index (κ2) is 7.09. The summed E-state index contributed by atoms with van der Waals surface area (Å²) >= 11 is 1.65. The van der Waals surface area contributed by atoms with Gasteiger partial charge in [0.2, 0.25) is 0 Å². The molecule has 0 aromatic rings. The summed E-state index contributed by atoms with van der Waals surface area (Å²) in [7, 11) is 3.14. The lowest BCUT2D eigenvalue weighted by atomic mass is 10.00. The maximum absolute atomic E-state index is 11.5. The minimum Gasteiger partial charge on any atom is -0.468 e. The van der Waals surface area contributed by atoms with E-state index < -0.39 is 5.54 Å². The molecule has 0 aliphatic heterocycles. The third-order valence-corrected chi connectivity index (χ3v) is 3.61. The van der Waals surface area contributed by atoms with Crippen molar-refractivity contribution in [2.75, 3.05) is 26.5 Å². The van der Waals surface area contributed by atoms with Gasteiger partial charge in [-0.25, -0.2) is 0 Å². The average Bonchev–Trinajstić information content (AvgIpc) is 2.27. The van der Waals surface area contributed by atoms with E-state index in [9.17, 15) is 4.79 Å². The van der Waals surface area contributed by atoms with Crippen molar-refractivity contribution in [2.45, 2.75) is 31.1 Å². The Balaban J connectivity index is 4.04. The zero-order chi connectivity index (χ0) is 11.9. The number of aliphatic hydroxyl groups excluding tert-OH is 1. The number of nitrogens with one attached hydrogen (secondary N) is 1. The van der Waals surface area contributed by atoms with Crippen LogP contribution in [0.15, 0.2) is 0 Å². The average molecular weight is 235 g/mol. The molecule has 0 bridgehead atoms. The number of hydrogen-bond donors (Lipinski definition) is 2. The van der Waals surface area contributed by atoms with Crippen molar-refractivity contribution < 1.29 is 14.6 Å². The first-order valence-electron chi connectivity index (χ1n) is 5.00. The monoisotopic (exact) mass is 235 g/mol. The van der Waals surface area contributed by atoms with Crippen molar-refractivity contribution >= 4 is 17.7 Å². The molecule has 0 heterocycles. The summed E-state index contributed by atoms with van der Waals surface area (Å²) in [6.07, 6.45) is 0.686. The minimum atomic E-state index is -0.628. The molecular formula is C10H21NO3S. The van der Waals surface area contributed by atoms with Gasteiger partial charge in [-0.1, -0.05) is 6.92 Å². The van der Waals surface area contributed by atoms with Gasteiger partial charge in [0.1, 0.15) is 5.54 Å². The third-order valence-electron chi connectivity index (χ3n) is 2.45. The number of thioether (sulfide) groups is 1. The molecule has 0 spiro atoms. The first-order valence-corrected chi connectivity index (χ1v) is 6.05. The highest BCUT2D eigenvalue weighted by Crippen LogP contribution is 2.18. The standard InChI is InChI=1S/C10H21NO3S/c1-8(7-12)15-6-5-10(2,11-3)9(13)14-4/h8,11-12H,5-7H2,1-4H3. The molecule has 5 heteroatoms. The van der Waals surface area contributed by atoms with Crippen LogP contribution in [-0.2, 0) is 9.53 Å². The number of ether oxygens (including phenoxy) is 1. The van der Waals surface area contributed by atoms with Crippen molar-refractivity contribution in [3.05, 3.63) is 0 Å². The predicted octanol–water partition coefficient (Wildman–Crippen LogP) is 0.642. The maximum atomic E-state index is 11.5. The van der Waals surface area contributed by atoms with E-state index >= 15 is 0 Å². The van der Waals surface area contributed by atoms with Gasteiger partial charge in [0.25, 0.3) is 0 Å². The molecular weight excluding hydrogens is 214 g/mol. The fourth-order valence-corrected chi connectivity index (χ4v) is 2.11. The van der Waals surface area contributed by atoms with Gasteiger partial charge >= 0.3 is 5.97 Å². The molecule has 0 aromatic carbocycles. The number of methoxy groups -OCH3 is 1. The largest absolute Gasteiger partial charge is 0.468 e. The summed E-state index contributed by atoms with van der Waals surface area (Å²) in [4.78, 5) is 11.5. The molecule has 0 amide bonds. The Kier molecular flexibility index (Phi) is 6.96. The van der Waals surface area contributed by atoms with Crippen molar-refractivity contribution in [1.82, 2.24) is 5.32 Å². The van der Waals surface area contributed by atoms with Crippen molar-refractivity contribution in [1.29, 1.82) is 0 Å². The minimum absolute atomic E-state index is 0.166. The van der Waals surface area contributed by atoms with Crippen LogP contribution in [0.5, 0.6) is 0 Å². The molecule has 0 saturated carbocycles. The molecule has 0 aliphatic rings. The van der Waals surface area contributed by atoms with Crippen LogP contribution in [0, 0.1) is 0 Å². The summed E-state index contributed by atoms with van der Waals surface area (Å²) in [6.45, 7) is 3.95. The number of aliphatic hydroxyl groups is 1. The van der Waals surface area contributed by atoms with Gasteiger partial charge in [0.15, 0.2) is 0 Å². The second-order valence-electron chi connectivity index (χ2n) is 3.69. The van der Waals surface area contributed by atoms with Crippen LogP contribution >= 0.6 is 11.8 Å². The molecule has 90 valence electrons. The highest BCUT2D eigenvalue weighted by Gasteiger charge is 2.31.